The third-order valence-corrected chi connectivity index (χ3v) is 4.16. The number of aromatic nitrogens is 1. The van der Waals surface area contributed by atoms with E-state index in [2.05, 4.69) is 4.98 Å². The number of hydrogen-bond acceptors (Lipinski definition) is 4. The van der Waals surface area contributed by atoms with Gasteiger partial charge < -0.3 is 10.5 Å². The first kappa shape index (κ1) is 12.5. The first-order valence-electron chi connectivity index (χ1n) is 5.41. The lowest BCUT2D eigenvalue weighted by Gasteiger charge is -2.06. The van der Waals surface area contributed by atoms with Crippen LogP contribution >= 0.6 is 34.5 Å². The maximum absolute atomic E-state index is 5.95. The molecule has 1 aromatic heterocycles. The number of nitrogens with zero attached hydrogens (tertiary/aromatic N) is 1. The Kier molecular flexibility index (Phi) is 3.22. The van der Waals surface area contributed by atoms with Crippen molar-refractivity contribution in [2.45, 2.75) is 0 Å². The highest BCUT2D eigenvalue weighted by Crippen LogP contribution is 2.37. The molecule has 1 heterocycles. The van der Waals surface area contributed by atoms with Gasteiger partial charge in [-0.15, -0.1) is 0 Å². The number of hydrogen-bond donors (Lipinski definition) is 1. The lowest BCUT2D eigenvalue weighted by molar-refractivity contribution is 0.482. The average Bonchev–Trinajstić information content (AvgIpc) is 2.78. The van der Waals surface area contributed by atoms with Crippen molar-refractivity contribution < 1.29 is 4.74 Å². The molecule has 0 aliphatic heterocycles. The number of thiazole rings is 1. The first-order valence-corrected chi connectivity index (χ1v) is 6.98. The number of rotatable bonds is 2. The summed E-state index contributed by atoms with van der Waals surface area (Å²) in [4.78, 5) is 4.37. The van der Waals surface area contributed by atoms with E-state index in [4.69, 9.17) is 33.7 Å². The van der Waals surface area contributed by atoms with E-state index >= 15 is 0 Å². The molecule has 0 saturated heterocycles. The molecule has 0 saturated carbocycles. The molecular formula is C13H8Cl2N2OS. The Balaban J connectivity index is 1.98. The van der Waals surface area contributed by atoms with Gasteiger partial charge in [-0.2, -0.15) is 0 Å². The van der Waals surface area contributed by atoms with E-state index in [0.29, 0.717) is 26.7 Å². The van der Waals surface area contributed by atoms with E-state index in [1.54, 1.807) is 12.1 Å². The maximum Gasteiger partial charge on any atom is 0.279 e. The second kappa shape index (κ2) is 4.89. The van der Waals surface area contributed by atoms with Crippen molar-refractivity contribution in [3.8, 4) is 10.9 Å². The summed E-state index contributed by atoms with van der Waals surface area (Å²) in [6, 6.07) is 10.9. The summed E-state index contributed by atoms with van der Waals surface area (Å²) in [7, 11) is 0. The Labute approximate surface area is 123 Å². The molecule has 2 N–H and O–H groups in total. The summed E-state index contributed by atoms with van der Waals surface area (Å²) in [6.07, 6.45) is 0. The molecular weight excluding hydrogens is 303 g/mol. The third kappa shape index (κ3) is 2.47. The van der Waals surface area contributed by atoms with Gasteiger partial charge >= 0.3 is 0 Å². The first-order chi connectivity index (χ1) is 9.13. The summed E-state index contributed by atoms with van der Waals surface area (Å²) < 4.78 is 6.72. The SMILES string of the molecule is Nc1cc(Cl)c(Cl)cc1Oc1nc2ccccc2s1. The van der Waals surface area contributed by atoms with Gasteiger partial charge in [0.05, 0.1) is 25.9 Å². The van der Waals surface area contributed by atoms with Crippen LogP contribution in [0.1, 0.15) is 0 Å². The molecule has 3 rings (SSSR count). The average molecular weight is 311 g/mol. The van der Waals surface area contributed by atoms with Crippen LogP contribution in [0, 0.1) is 0 Å². The third-order valence-electron chi connectivity index (χ3n) is 2.52. The summed E-state index contributed by atoms with van der Waals surface area (Å²) in [6.45, 7) is 0. The van der Waals surface area contributed by atoms with Gasteiger partial charge in [-0.25, -0.2) is 4.98 Å². The standard InChI is InChI=1S/C13H8Cl2N2OS/c14-7-5-9(16)11(6-8(7)15)18-13-17-10-3-1-2-4-12(10)19-13/h1-6H,16H2. The van der Waals surface area contributed by atoms with Crippen LogP contribution < -0.4 is 10.5 Å². The van der Waals surface area contributed by atoms with Crippen molar-refractivity contribution in [1.29, 1.82) is 0 Å². The van der Waals surface area contributed by atoms with Gasteiger partial charge in [0.2, 0.25) is 0 Å². The van der Waals surface area contributed by atoms with Crippen LogP contribution in [-0.2, 0) is 0 Å². The van der Waals surface area contributed by atoms with Gasteiger partial charge in [-0.05, 0) is 18.2 Å². The smallest absolute Gasteiger partial charge is 0.279 e. The molecule has 0 atom stereocenters. The molecule has 6 heteroatoms. The van der Waals surface area contributed by atoms with Crippen molar-refractivity contribution in [3.05, 3.63) is 46.4 Å². The Hall–Kier alpha value is -1.49. The van der Waals surface area contributed by atoms with Crippen LogP contribution in [0.25, 0.3) is 10.2 Å². The zero-order chi connectivity index (χ0) is 13.4. The molecule has 0 aliphatic carbocycles. The highest BCUT2D eigenvalue weighted by atomic mass is 35.5. The van der Waals surface area contributed by atoms with Gasteiger partial charge in [0.25, 0.3) is 5.19 Å². The summed E-state index contributed by atoms with van der Waals surface area (Å²) in [5, 5.41) is 1.31. The van der Waals surface area contributed by atoms with Crippen molar-refractivity contribution in [2.75, 3.05) is 5.73 Å². The zero-order valence-corrected chi connectivity index (χ0v) is 11.9. The molecule has 0 aliphatic rings. The number of para-hydroxylation sites is 1. The molecule has 19 heavy (non-hydrogen) atoms. The molecule has 0 bridgehead atoms. The molecule has 3 aromatic rings. The minimum atomic E-state index is 0.395. The van der Waals surface area contributed by atoms with E-state index in [1.807, 2.05) is 24.3 Å². The highest BCUT2D eigenvalue weighted by Gasteiger charge is 2.10. The molecule has 3 nitrogen and oxygen atoms in total. The summed E-state index contributed by atoms with van der Waals surface area (Å²) >= 11 is 13.3. The van der Waals surface area contributed by atoms with Crippen LogP contribution in [0.5, 0.6) is 10.9 Å². The van der Waals surface area contributed by atoms with Crippen molar-refractivity contribution >= 4 is 50.4 Å². The molecule has 0 spiro atoms. The van der Waals surface area contributed by atoms with Gasteiger partial charge in [-0.3, -0.25) is 0 Å². The largest absolute Gasteiger partial charge is 0.429 e. The lowest BCUT2D eigenvalue weighted by Crippen LogP contribution is -1.92. The van der Waals surface area contributed by atoms with Crippen molar-refractivity contribution in [1.82, 2.24) is 4.98 Å². The van der Waals surface area contributed by atoms with Gasteiger partial charge in [0.15, 0.2) is 5.75 Å². The fraction of sp³-hybridized carbons (Fsp3) is 0. The molecule has 0 fully saturated rings. The molecule has 96 valence electrons. The van der Waals surface area contributed by atoms with Crippen LogP contribution in [0.15, 0.2) is 36.4 Å². The quantitative estimate of drug-likeness (QED) is 0.679. The number of ether oxygens (including phenoxy) is 1. The van der Waals surface area contributed by atoms with Crippen LogP contribution in [0.4, 0.5) is 5.69 Å². The van der Waals surface area contributed by atoms with Crippen molar-refractivity contribution in [3.63, 3.8) is 0 Å². The maximum atomic E-state index is 5.95. The van der Waals surface area contributed by atoms with E-state index < -0.39 is 0 Å². The van der Waals surface area contributed by atoms with Crippen LogP contribution in [0.2, 0.25) is 10.0 Å². The Morgan fingerprint density at radius 2 is 1.84 bits per heavy atom. The molecule has 0 unspecified atom stereocenters. The summed E-state index contributed by atoms with van der Waals surface area (Å²) in [5.41, 5.74) is 7.16. The van der Waals surface area contributed by atoms with Gasteiger partial charge in [-0.1, -0.05) is 46.7 Å². The fourth-order valence-corrected chi connectivity index (χ4v) is 2.78. The van der Waals surface area contributed by atoms with Crippen LogP contribution in [-0.4, -0.2) is 4.98 Å². The van der Waals surface area contributed by atoms with Crippen molar-refractivity contribution in [2.24, 2.45) is 0 Å². The number of anilines is 1. The molecule has 0 radical (unpaired) electrons. The second-order valence-corrected chi connectivity index (χ2v) is 5.66. The Bertz CT molecular complexity index is 724. The number of nitrogens with two attached hydrogens (primary N) is 1. The predicted octanol–water partition coefficient (Wildman–Crippen LogP) is 4.98. The number of benzene rings is 2. The van der Waals surface area contributed by atoms with Crippen LogP contribution in [0.3, 0.4) is 0 Å². The summed E-state index contributed by atoms with van der Waals surface area (Å²) in [5.74, 6) is 0.452. The zero-order valence-electron chi connectivity index (χ0n) is 9.56. The topological polar surface area (TPSA) is 48.1 Å². The fourth-order valence-electron chi connectivity index (χ4n) is 1.62. The monoisotopic (exact) mass is 310 g/mol. The highest BCUT2D eigenvalue weighted by molar-refractivity contribution is 7.20. The number of halogens is 2. The second-order valence-electron chi connectivity index (χ2n) is 3.85. The normalized spacial score (nSPS) is 10.8. The number of nitrogen functional groups attached to an aromatic ring is 1. The minimum Gasteiger partial charge on any atom is -0.429 e. The Morgan fingerprint density at radius 1 is 1.11 bits per heavy atom. The predicted molar refractivity (Wildman–Crippen MR) is 80.6 cm³/mol. The van der Waals surface area contributed by atoms with Gasteiger partial charge in [0, 0.05) is 6.07 Å². The van der Waals surface area contributed by atoms with Gasteiger partial charge in [0.1, 0.15) is 0 Å². The van der Waals surface area contributed by atoms with E-state index in [0.717, 1.165) is 10.2 Å². The lowest BCUT2D eigenvalue weighted by atomic mass is 10.3. The minimum absolute atomic E-state index is 0.395. The molecule has 0 amide bonds. The van der Waals surface area contributed by atoms with E-state index in [9.17, 15) is 0 Å². The number of fused-ring (bicyclic) bond motifs is 1. The Morgan fingerprint density at radius 3 is 2.63 bits per heavy atom. The van der Waals surface area contributed by atoms with E-state index in [-0.39, 0.29) is 0 Å². The van der Waals surface area contributed by atoms with E-state index in [1.165, 1.54) is 11.3 Å². The molecule has 2 aromatic carbocycles.